The molecule has 10 heteroatoms. The van der Waals surface area contributed by atoms with E-state index >= 15 is 0 Å². The number of carbonyl (C=O) groups is 2. The van der Waals surface area contributed by atoms with Crippen molar-refractivity contribution in [3.05, 3.63) is 58.9 Å². The third kappa shape index (κ3) is 4.62. The van der Waals surface area contributed by atoms with Gasteiger partial charge in [0, 0.05) is 6.20 Å². The summed E-state index contributed by atoms with van der Waals surface area (Å²) in [5.41, 5.74) is -0.836. The number of anilines is 1. The summed E-state index contributed by atoms with van der Waals surface area (Å²) in [6.45, 7) is 0. The molecule has 0 amide bonds. The lowest BCUT2D eigenvalue weighted by atomic mass is 10.1. The molecular formula is C17H13ClF3NO5. The maximum Gasteiger partial charge on any atom is 0.573 e. The number of ether oxygens (including phenoxy) is 3. The molecule has 1 aliphatic rings. The van der Waals surface area contributed by atoms with Crippen molar-refractivity contribution < 1.29 is 37.0 Å². The van der Waals surface area contributed by atoms with E-state index in [0.29, 0.717) is 0 Å². The van der Waals surface area contributed by atoms with Crippen molar-refractivity contribution in [3.63, 3.8) is 0 Å². The van der Waals surface area contributed by atoms with Crippen LogP contribution in [-0.2, 0) is 19.1 Å². The Hall–Kier alpha value is -2.94. The predicted molar refractivity (Wildman–Crippen MR) is 90.0 cm³/mol. The van der Waals surface area contributed by atoms with Crippen molar-refractivity contribution >= 4 is 29.2 Å². The smallest absolute Gasteiger partial charge is 0.465 e. The molecule has 0 N–H and O–H groups in total. The van der Waals surface area contributed by atoms with Gasteiger partial charge in [-0.15, -0.1) is 13.2 Å². The van der Waals surface area contributed by atoms with Crippen molar-refractivity contribution in [1.29, 1.82) is 0 Å². The van der Waals surface area contributed by atoms with E-state index in [1.807, 2.05) is 0 Å². The SMILES string of the molecule is COC(=O)C1=C(C(=O)OC)N(c2cccc(Cl)c2OC(F)(F)F)C=CC=C1. The van der Waals surface area contributed by atoms with Gasteiger partial charge in [0.05, 0.1) is 30.5 Å². The quantitative estimate of drug-likeness (QED) is 0.714. The van der Waals surface area contributed by atoms with Crippen LogP contribution < -0.4 is 9.64 Å². The predicted octanol–water partition coefficient (Wildman–Crippen LogP) is 3.73. The summed E-state index contributed by atoms with van der Waals surface area (Å²) in [6.07, 6.45) is 0.298. The Balaban J connectivity index is 2.74. The third-order valence-corrected chi connectivity index (χ3v) is 3.61. The van der Waals surface area contributed by atoms with Gasteiger partial charge in [-0.2, -0.15) is 0 Å². The lowest BCUT2D eigenvalue weighted by Gasteiger charge is -2.25. The van der Waals surface area contributed by atoms with E-state index < -0.39 is 24.1 Å². The zero-order chi connectivity index (χ0) is 20.2. The fourth-order valence-electron chi connectivity index (χ4n) is 2.26. The Morgan fingerprint density at radius 1 is 1.07 bits per heavy atom. The molecule has 144 valence electrons. The normalized spacial score (nSPS) is 14.1. The third-order valence-electron chi connectivity index (χ3n) is 3.31. The highest BCUT2D eigenvalue weighted by Crippen LogP contribution is 2.41. The van der Waals surface area contributed by atoms with Crippen molar-refractivity contribution in [2.24, 2.45) is 0 Å². The van der Waals surface area contributed by atoms with E-state index in [0.717, 1.165) is 19.1 Å². The van der Waals surface area contributed by atoms with Crippen LogP contribution in [0.3, 0.4) is 0 Å². The van der Waals surface area contributed by atoms with Crippen molar-refractivity contribution in [2.45, 2.75) is 6.36 Å². The van der Waals surface area contributed by atoms with Gasteiger partial charge in [0.15, 0.2) is 5.75 Å². The summed E-state index contributed by atoms with van der Waals surface area (Å²) < 4.78 is 51.8. The topological polar surface area (TPSA) is 65.1 Å². The first kappa shape index (κ1) is 20.4. The molecule has 1 aromatic carbocycles. The molecule has 0 fully saturated rings. The average Bonchev–Trinajstić information content (AvgIpc) is 2.84. The van der Waals surface area contributed by atoms with Crippen LogP contribution in [0.5, 0.6) is 5.75 Å². The molecule has 1 heterocycles. The van der Waals surface area contributed by atoms with Gasteiger partial charge in [0.2, 0.25) is 0 Å². The summed E-state index contributed by atoms with van der Waals surface area (Å²) in [4.78, 5) is 25.4. The van der Waals surface area contributed by atoms with Gasteiger partial charge < -0.3 is 19.1 Å². The van der Waals surface area contributed by atoms with Gasteiger partial charge in [-0.3, -0.25) is 0 Å². The van der Waals surface area contributed by atoms with Crippen molar-refractivity contribution in [3.8, 4) is 5.75 Å². The van der Waals surface area contributed by atoms with Crippen LogP contribution in [0, 0.1) is 0 Å². The minimum atomic E-state index is -5.03. The van der Waals surface area contributed by atoms with Crippen LogP contribution in [0.2, 0.25) is 5.02 Å². The number of esters is 2. The maximum absolute atomic E-state index is 12.8. The number of methoxy groups -OCH3 is 2. The summed E-state index contributed by atoms with van der Waals surface area (Å²) in [7, 11) is 2.16. The highest BCUT2D eigenvalue weighted by Gasteiger charge is 2.36. The number of benzene rings is 1. The Kier molecular flexibility index (Phi) is 6.17. The monoisotopic (exact) mass is 403 g/mol. The zero-order valence-electron chi connectivity index (χ0n) is 14.0. The van der Waals surface area contributed by atoms with Gasteiger partial charge in [0.25, 0.3) is 0 Å². The Morgan fingerprint density at radius 3 is 2.33 bits per heavy atom. The number of halogens is 4. The Bertz CT molecular complexity index is 845. The number of hydrogen-bond acceptors (Lipinski definition) is 6. The van der Waals surface area contributed by atoms with Crippen LogP contribution in [0.1, 0.15) is 0 Å². The molecule has 0 saturated heterocycles. The van der Waals surface area contributed by atoms with Crippen LogP contribution in [0.25, 0.3) is 0 Å². The number of alkyl halides is 3. The molecule has 0 atom stereocenters. The van der Waals surface area contributed by atoms with E-state index in [1.54, 1.807) is 0 Å². The second kappa shape index (κ2) is 8.17. The zero-order valence-corrected chi connectivity index (χ0v) is 14.8. The van der Waals surface area contributed by atoms with Gasteiger partial charge in [-0.1, -0.05) is 23.7 Å². The molecule has 27 heavy (non-hydrogen) atoms. The Labute approximate surface area is 157 Å². The van der Waals surface area contributed by atoms with Gasteiger partial charge in [-0.05, 0) is 24.3 Å². The number of rotatable bonds is 4. The molecule has 0 radical (unpaired) electrons. The number of nitrogens with zero attached hydrogens (tertiary/aromatic N) is 1. The summed E-state index contributed by atoms with van der Waals surface area (Å²) in [5, 5.41) is -0.348. The lowest BCUT2D eigenvalue weighted by Crippen LogP contribution is -2.28. The first-order chi connectivity index (χ1) is 12.7. The lowest BCUT2D eigenvalue weighted by molar-refractivity contribution is -0.274. The van der Waals surface area contributed by atoms with E-state index in [4.69, 9.17) is 11.6 Å². The Morgan fingerprint density at radius 2 is 1.74 bits per heavy atom. The molecule has 0 bridgehead atoms. The molecule has 0 aliphatic carbocycles. The molecular weight excluding hydrogens is 391 g/mol. The van der Waals surface area contributed by atoms with Gasteiger partial charge in [-0.25, -0.2) is 9.59 Å². The van der Waals surface area contributed by atoms with Crippen molar-refractivity contribution in [1.82, 2.24) is 0 Å². The molecule has 1 aliphatic heterocycles. The standard InChI is InChI=1S/C17H13ClF3NO5/c1-25-15(23)10-6-3-4-9-22(13(10)16(24)26-2)12-8-5-7-11(18)14(12)27-17(19,20)21/h3-9H,1-2H3. The van der Waals surface area contributed by atoms with Gasteiger partial charge >= 0.3 is 18.3 Å². The first-order valence-corrected chi connectivity index (χ1v) is 7.66. The van der Waals surface area contributed by atoms with E-state index in [-0.39, 0.29) is 22.0 Å². The van der Waals surface area contributed by atoms with Crippen molar-refractivity contribution in [2.75, 3.05) is 19.1 Å². The number of allylic oxidation sites excluding steroid dienone is 2. The highest BCUT2D eigenvalue weighted by atomic mass is 35.5. The van der Waals surface area contributed by atoms with E-state index in [9.17, 15) is 22.8 Å². The van der Waals surface area contributed by atoms with E-state index in [1.165, 1.54) is 42.6 Å². The average molecular weight is 404 g/mol. The van der Waals surface area contributed by atoms with Gasteiger partial charge in [0.1, 0.15) is 5.70 Å². The molecule has 0 spiro atoms. The van der Waals surface area contributed by atoms with Crippen LogP contribution in [0.15, 0.2) is 53.9 Å². The van der Waals surface area contributed by atoms with E-state index in [2.05, 4.69) is 14.2 Å². The second-order valence-corrected chi connectivity index (χ2v) is 5.36. The molecule has 6 nitrogen and oxygen atoms in total. The molecule has 0 saturated carbocycles. The fraction of sp³-hybridized carbons (Fsp3) is 0.176. The number of carbonyl (C=O) groups excluding carboxylic acids is 2. The summed E-state index contributed by atoms with van der Waals surface area (Å²) in [5.74, 6) is -2.62. The minimum Gasteiger partial charge on any atom is -0.465 e. The van der Waals surface area contributed by atoms with Crippen LogP contribution >= 0.6 is 11.6 Å². The summed E-state index contributed by atoms with van der Waals surface area (Å²) in [6, 6.07) is 3.79. The molecule has 2 rings (SSSR count). The second-order valence-electron chi connectivity index (χ2n) is 4.95. The molecule has 0 aromatic heterocycles. The number of hydrogen-bond donors (Lipinski definition) is 0. The maximum atomic E-state index is 12.8. The first-order valence-electron chi connectivity index (χ1n) is 7.29. The summed E-state index contributed by atoms with van der Waals surface area (Å²) >= 11 is 5.87. The molecule has 1 aromatic rings. The largest absolute Gasteiger partial charge is 0.573 e. The highest BCUT2D eigenvalue weighted by molar-refractivity contribution is 6.32. The van der Waals surface area contributed by atoms with Crippen LogP contribution in [-0.4, -0.2) is 32.5 Å². The molecule has 0 unspecified atom stereocenters. The van der Waals surface area contributed by atoms with Crippen LogP contribution in [0.4, 0.5) is 18.9 Å². The minimum absolute atomic E-state index is 0.229. The fourth-order valence-corrected chi connectivity index (χ4v) is 2.46. The number of para-hydroxylation sites is 1.